The summed E-state index contributed by atoms with van der Waals surface area (Å²) in [5, 5.41) is 8.25. The molecular formula is C20H18F4N8O3S. The molecule has 0 bridgehead atoms. The molecule has 11 nitrogen and oxygen atoms in total. The molecular weight excluding hydrogens is 508 g/mol. The molecule has 4 aromatic rings. The Morgan fingerprint density at radius 3 is 2.36 bits per heavy atom. The predicted octanol–water partition coefficient (Wildman–Crippen LogP) is 3.04. The molecule has 16 heteroatoms. The maximum atomic E-state index is 14.2. The lowest BCUT2D eigenvalue weighted by Crippen LogP contribution is -2.23. The van der Waals surface area contributed by atoms with Crippen LogP contribution in [0.25, 0.3) is 22.9 Å². The molecule has 36 heavy (non-hydrogen) atoms. The minimum atomic E-state index is -4.67. The van der Waals surface area contributed by atoms with Crippen LogP contribution in [-0.2, 0) is 16.6 Å². The molecule has 0 saturated heterocycles. The number of nitrogens with zero attached hydrogens (tertiary/aromatic N) is 5. The normalized spacial score (nSPS) is 12.1. The molecule has 0 aliphatic heterocycles. The highest BCUT2D eigenvalue weighted by Gasteiger charge is 2.30. The molecule has 0 radical (unpaired) electrons. The number of anilines is 3. The van der Waals surface area contributed by atoms with Gasteiger partial charge >= 0.3 is 6.18 Å². The van der Waals surface area contributed by atoms with E-state index in [1.54, 1.807) is 24.3 Å². The Morgan fingerprint density at radius 1 is 1.06 bits per heavy atom. The van der Waals surface area contributed by atoms with E-state index in [2.05, 4.69) is 20.2 Å². The van der Waals surface area contributed by atoms with Gasteiger partial charge in [-0.2, -0.15) is 18.3 Å². The lowest BCUT2D eigenvalue weighted by Gasteiger charge is -2.13. The summed E-state index contributed by atoms with van der Waals surface area (Å²) in [5.74, 6) is -2.66. The number of aromatic nitrogens is 5. The lowest BCUT2D eigenvalue weighted by atomic mass is 10.2. The van der Waals surface area contributed by atoms with Crippen LogP contribution in [0.3, 0.4) is 0 Å². The Bertz CT molecular complexity index is 1460. The van der Waals surface area contributed by atoms with Crippen molar-refractivity contribution < 1.29 is 30.5 Å². The van der Waals surface area contributed by atoms with Gasteiger partial charge in [0.05, 0.1) is 24.4 Å². The Kier molecular flexibility index (Phi) is 6.53. The van der Waals surface area contributed by atoms with Gasteiger partial charge in [-0.1, -0.05) is 23.4 Å². The quantitative estimate of drug-likeness (QED) is 0.292. The molecule has 0 aliphatic carbocycles. The summed E-state index contributed by atoms with van der Waals surface area (Å²) in [4.78, 5) is 8.00. The van der Waals surface area contributed by atoms with Crippen LogP contribution in [0.2, 0.25) is 0 Å². The van der Waals surface area contributed by atoms with Crippen LogP contribution in [0.15, 0.2) is 47.2 Å². The van der Waals surface area contributed by atoms with Crippen molar-refractivity contribution in [3.8, 4) is 22.9 Å². The fraction of sp³-hybridized carbons (Fsp3) is 0.200. The van der Waals surface area contributed by atoms with Gasteiger partial charge in [0.15, 0.2) is 17.5 Å². The van der Waals surface area contributed by atoms with Gasteiger partial charge in [0.1, 0.15) is 29.2 Å². The lowest BCUT2D eigenvalue weighted by molar-refractivity contribution is -0.129. The molecule has 3 heterocycles. The van der Waals surface area contributed by atoms with Gasteiger partial charge in [0, 0.05) is 11.6 Å². The molecule has 0 atom stereocenters. The monoisotopic (exact) mass is 526 g/mol. The van der Waals surface area contributed by atoms with Crippen LogP contribution in [0.5, 0.6) is 0 Å². The van der Waals surface area contributed by atoms with Crippen molar-refractivity contribution in [2.45, 2.75) is 19.1 Å². The Hall–Kier alpha value is -4.21. The van der Waals surface area contributed by atoms with Crippen molar-refractivity contribution in [3.63, 3.8) is 0 Å². The second-order valence-electron chi connectivity index (χ2n) is 7.53. The van der Waals surface area contributed by atoms with Crippen molar-refractivity contribution in [2.75, 3.05) is 21.9 Å². The molecule has 0 saturated carbocycles. The van der Waals surface area contributed by atoms with E-state index < -0.39 is 51.5 Å². The van der Waals surface area contributed by atoms with Crippen LogP contribution in [0.1, 0.15) is 12.0 Å². The first-order chi connectivity index (χ1) is 16.9. The van der Waals surface area contributed by atoms with Crippen LogP contribution in [0.4, 0.5) is 34.9 Å². The summed E-state index contributed by atoms with van der Waals surface area (Å²) in [6, 6.07) is 9.16. The smallest absolute Gasteiger partial charge is 0.382 e. The summed E-state index contributed by atoms with van der Waals surface area (Å²) < 4.78 is 83.8. The molecule has 1 aromatic carbocycles. The molecule has 0 amide bonds. The topological polar surface area (TPSA) is 168 Å². The van der Waals surface area contributed by atoms with Gasteiger partial charge in [0.25, 0.3) is 0 Å². The summed E-state index contributed by atoms with van der Waals surface area (Å²) in [7, 11) is -4.45. The van der Waals surface area contributed by atoms with Gasteiger partial charge in [-0.25, -0.2) is 22.8 Å². The second-order valence-corrected chi connectivity index (χ2v) is 9.37. The molecule has 0 spiro atoms. The number of sulfonamides is 1. The number of rotatable bonds is 8. The zero-order chi connectivity index (χ0) is 26.1. The van der Waals surface area contributed by atoms with Crippen molar-refractivity contribution in [1.82, 2.24) is 24.9 Å². The predicted molar refractivity (Wildman–Crippen MR) is 121 cm³/mol. The number of alkyl halides is 3. The number of nitrogens with two attached hydrogens (primary N) is 2. The number of benzene rings is 1. The minimum Gasteiger partial charge on any atom is -0.382 e. The molecule has 190 valence electrons. The first-order valence-corrected chi connectivity index (χ1v) is 11.8. The molecule has 5 N–H and O–H groups in total. The van der Waals surface area contributed by atoms with Crippen LogP contribution in [0, 0.1) is 5.82 Å². The van der Waals surface area contributed by atoms with E-state index in [9.17, 15) is 26.0 Å². The zero-order valence-corrected chi connectivity index (χ0v) is 19.0. The fourth-order valence-corrected chi connectivity index (χ4v) is 4.28. The second kappa shape index (κ2) is 9.44. The number of nitrogen functional groups attached to an aromatic ring is 2. The first-order valence-electron chi connectivity index (χ1n) is 10.1. The Morgan fingerprint density at radius 2 is 1.75 bits per heavy atom. The summed E-state index contributed by atoms with van der Waals surface area (Å²) in [6.07, 6.45) is -4.90. The van der Waals surface area contributed by atoms with Gasteiger partial charge in [-0.3, -0.25) is 9.40 Å². The SMILES string of the molecule is Nc1nc(-c2cc(-c3ccon3)n(Cc3ccccc3F)n2)nc(N)c1NS(=O)(=O)CCC(F)(F)F. The molecule has 3 aromatic heterocycles. The van der Waals surface area contributed by atoms with E-state index in [0.717, 1.165) is 0 Å². The van der Waals surface area contributed by atoms with Crippen molar-refractivity contribution in [3.05, 3.63) is 54.0 Å². The summed E-state index contributed by atoms with van der Waals surface area (Å²) in [5.41, 5.74) is 12.5. The molecule has 4 rings (SSSR count). The van der Waals surface area contributed by atoms with E-state index in [1.165, 1.54) is 23.1 Å². The average molecular weight is 526 g/mol. The minimum absolute atomic E-state index is 0.0108. The third-order valence-electron chi connectivity index (χ3n) is 4.86. The van der Waals surface area contributed by atoms with E-state index in [0.29, 0.717) is 17.0 Å². The van der Waals surface area contributed by atoms with Gasteiger partial charge < -0.3 is 16.0 Å². The van der Waals surface area contributed by atoms with E-state index in [1.807, 2.05) is 4.72 Å². The zero-order valence-electron chi connectivity index (χ0n) is 18.2. The van der Waals surface area contributed by atoms with Crippen LogP contribution >= 0.6 is 0 Å². The molecule has 0 unspecified atom stereocenters. The maximum Gasteiger partial charge on any atom is 0.390 e. The third kappa shape index (κ3) is 5.70. The van der Waals surface area contributed by atoms with E-state index >= 15 is 0 Å². The van der Waals surface area contributed by atoms with E-state index in [-0.39, 0.29) is 18.1 Å². The standard InChI is InChI=1S/C20H18F4N8O3S/c21-12-4-2-1-3-11(12)10-32-15(13-5-7-35-30-13)9-14(29-32)19-27-17(25)16(18(26)28-19)31-36(33,34)8-6-20(22,23)24/h1-5,7,9,31H,6,8,10H2,(H4,25,26,27,28). The fourth-order valence-electron chi connectivity index (χ4n) is 3.16. The van der Waals surface area contributed by atoms with Gasteiger partial charge in [-0.05, 0) is 12.1 Å². The van der Waals surface area contributed by atoms with Crippen molar-refractivity contribution >= 4 is 27.3 Å². The molecule has 0 fully saturated rings. The number of hydrogen-bond acceptors (Lipinski definition) is 9. The van der Waals surface area contributed by atoms with Crippen molar-refractivity contribution in [1.29, 1.82) is 0 Å². The van der Waals surface area contributed by atoms with Crippen molar-refractivity contribution in [2.24, 2.45) is 0 Å². The highest BCUT2D eigenvalue weighted by Crippen LogP contribution is 2.30. The van der Waals surface area contributed by atoms with Crippen LogP contribution < -0.4 is 16.2 Å². The largest absolute Gasteiger partial charge is 0.390 e. The Balaban J connectivity index is 1.67. The summed E-state index contributed by atoms with van der Waals surface area (Å²) in [6.45, 7) is 0.0108. The van der Waals surface area contributed by atoms with E-state index in [4.69, 9.17) is 16.0 Å². The highest BCUT2D eigenvalue weighted by atomic mass is 32.2. The Labute approximate surface area is 201 Å². The summed E-state index contributed by atoms with van der Waals surface area (Å²) >= 11 is 0. The number of halogens is 4. The first kappa shape index (κ1) is 24.9. The van der Waals surface area contributed by atoms with Gasteiger partial charge in [0.2, 0.25) is 10.0 Å². The maximum absolute atomic E-state index is 14.2. The number of nitrogens with one attached hydrogen (secondary N) is 1. The number of hydrogen-bond donors (Lipinski definition) is 3. The highest BCUT2D eigenvalue weighted by molar-refractivity contribution is 7.92. The van der Waals surface area contributed by atoms with Gasteiger partial charge in [-0.15, -0.1) is 0 Å². The van der Waals surface area contributed by atoms with Crippen LogP contribution in [-0.4, -0.2) is 45.3 Å². The molecule has 0 aliphatic rings. The third-order valence-corrected chi connectivity index (χ3v) is 6.12. The average Bonchev–Trinajstić information content (AvgIpc) is 3.46.